The Kier molecular flexibility index (Phi) is 7.07. The summed E-state index contributed by atoms with van der Waals surface area (Å²) in [6, 6.07) is 9.25. The molecule has 0 unspecified atom stereocenters. The maximum Gasteiger partial charge on any atom is 0.220 e. The zero-order chi connectivity index (χ0) is 25.7. The van der Waals surface area contributed by atoms with Gasteiger partial charge in [0, 0.05) is 36.0 Å². The number of piperidine rings is 2. The molecule has 0 radical (unpaired) electrons. The van der Waals surface area contributed by atoms with E-state index in [4.69, 9.17) is 0 Å². The smallest absolute Gasteiger partial charge is 0.220 e. The van der Waals surface area contributed by atoms with E-state index in [1.54, 1.807) is 13.8 Å². The summed E-state index contributed by atoms with van der Waals surface area (Å²) >= 11 is 0. The van der Waals surface area contributed by atoms with Crippen molar-refractivity contribution in [2.24, 2.45) is 11.8 Å². The lowest BCUT2D eigenvalue weighted by Gasteiger charge is -2.55. The van der Waals surface area contributed by atoms with Crippen LogP contribution in [0.4, 0.5) is 0 Å². The van der Waals surface area contributed by atoms with E-state index in [2.05, 4.69) is 89.5 Å². The Balaban J connectivity index is 1.66. The zero-order valence-electron chi connectivity index (χ0n) is 23.4. The maximum atomic E-state index is 12.3. The number of amides is 2. The average molecular weight is 469 g/mol. The second kappa shape index (κ2) is 8.99. The first-order valence-corrected chi connectivity index (χ1v) is 13.1. The molecule has 2 heterocycles. The molecule has 0 aromatic heterocycles. The van der Waals surface area contributed by atoms with Gasteiger partial charge in [-0.1, -0.05) is 24.3 Å². The van der Waals surface area contributed by atoms with Crippen LogP contribution >= 0.6 is 0 Å². The molecule has 3 rings (SSSR count). The molecule has 1 aromatic rings. The molecule has 2 aliphatic rings. The minimum Gasteiger partial charge on any atom is -0.333 e. The van der Waals surface area contributed by atoms with E-state index in [0.29, 0.717) is 11.8 Å². The van der Waals surface area contributed by atoms with Gasteiger partial charge in [-0.15, -0.1) is 0 Å². The van der Waals surface area contributed by atoms with Crippen LogP contribution in [0.5, 0.6) is 0 Å². The zero-order valence-corrected chi connectivity index (χ0v) is 23.4. The van der Waals surface area contributed by atoms with Crippen molar-refractivity contribution in [3.05, 3.63) is 35.4 Å². The molecule has 2 saturated heterocycles. The third-order valence-corrected chi connectivity index (χ3v) is 8.28. The minimum absolute atomic E-state index is 0.119. The van der Waals surface area contributed by atoms with E-state index in [-0.39, 0.29) is 34.0 Å². The summed E-state index contributed by atoms with van der Waals surface area (Å²) in [4.78, 5) is 28.9. The molecule has 4 nitrogen and oxygen atoms in total. The topological polar surface area (TPSA) is 40.6 Å². The predicted octanol–water partition coefficient (Wildman–Crippen LogP) is 6.40. The number of rotatable bonds is 4. The highest BCUT2D eigenvalue weighted by atomic mass is 16.2. The van der Waals surface area contributed by atoms with Crippen molar-refractivity contribution in [3.8, 4) is 0 Å². The van der Waals surface area contributed by atoms with E-state index in [1.165, 1.54) is 11.1 Å². The number of hydrogen-bond acceptors (Lipinski definition) is 2. The Morgan fingerprint density at radius 2 is 0.853 bits per heavy atom. The number of nitrogens with zero attached hydrogens (tertiary/aromatic N) is 2. The Morgan fingerprint density at radius 1 is 0.618 bits per heavy atom. The van der Waals surface area contributed by atoms with E-state index in [9.17, 15) is 9.59 Å². The van der Waals surface area contributed by atoms with Gasteiger partial charge in [0.25, 0.3) is 0 Å². The van der Waals surface area contributed by atoms with Gasteiger partial charge in [-0.2, -0.15) is 0 Å². The Hall–Kier alpha value is -1.84. The van der Waals surface area contributed by atoms with Crippen LogP contribution < -0.4 is 0 Å². The van der Waals surface area contributed by atoms with Crippen molar-refractivity contribution in [2.45, 2.75) is 130 Å². The van der Waals surface area contributed by atoms with Gasteiger partial charge in [0.05, 0.1) is 0 Å². The highest BCUT2D eigenvalue weighted by Gasteiger charge is 2.47. The fraction of sp³-hybridized carbons (Fsp3) is 0.733. The molecule has 0 aliphatic carbocycles. The van der Waals surface area contributed by atoms with Crippen LogP contribution in [0.1, 0.15) is 106 Å². The summed E-state index contributed by atoms with van der Waals surface area (Å²) < 4.78 is 0. The van der Waals surface area contributed by atoms with Crippen LogP contribution in [0.15, 0.2) is 24.3 Å². The summed E-state index contributed by atoms with van der Waals surface area (Å²) in [7, 11) is 0. The molecule has 2 aliphatic heterocycles. The number of carbonyl (C=O) groups is 2. The van der Waals surface area contributed by atoms with Gasteiger partial charge >= 0.3 is 0 Å². The van der Waals surface area contributed by atoms with Crippen LogP contribution in [-0.4, -0.2) is 43.8 Å². The number of benzene rings is 1. The Morgan fingerprint density at radius 3 is 1.06 bits per heavy atom. The summed E-state index contributed by atoms with van der Waals surface area (Å²) in [5, 5.41) is 0. The molecule has 2 fully saturated rings. The molecule has 0 atom stereocenters. The highest BCUT2D eigenvalue weighted by Crippen LogP contribution is 2.44. The standard InChI is InChI=1S/C30H48N2O2/c1-21(33)31-27(3,4)17-25(18-28(31,5)6)15-23-11-13-24(14-12-23)16-26-19-29(7,8)32(22(2)34)30(9,10)20-26/h11-14,25-26H,15-20H2,1-10H3. The van der Waals surface area contributed by atoms with Crippen LogP contribution in [0.3, 0.4) is 0 Å². The fourth-order valence-electron chi connectivity index (χ4n) is 8.45. The molecule has 1 aromatic carbocycles. The average Bonchev–Trinajstić information content (AvgIpc) is 2.57. The first-order valence-electron chi connectivity index (χ1n) is 13.1. The summed E-state index contributed by atoms with van der Waals surface area (Å²) in [6.07, 6.45) is 6.28. The van der Waals surface area contributed by atoms with Crippen molar-refractivity contribution >= 4 is 11.8 Å². The molecular formula is C30H48N2O2. The number of hydrogen-bond donors (Lipinski definition) is 0. The summed E-state index contributed by atoms with van der Waals surface area (Å²) in [5.74, 6) is 1.50. The lowest BCUT2D eigenvalue weighted by Crippen LogP contribution is -2.62. The molecule has 190 valence electrons. The SMILES string of the molecule is CC(=O)N1C(C)(C)CC(Cc2ccc(CC3CC(C)(C)N(C(C)=O)C(C)(C)C3)cc2)CC1(C)C. The van der Waals surface area contributed by atoms with E-state index in [1.807, 2.05) is 0 Å². The molecule has 0 spiro atoms. The van der Waals surface area contributed by atoms with Crippen LogP contribution in [0.25, 0.3) is 0 Å². The van der Waals surface area contributed by atoms with Crippen molar-refractivity contribution in [1.82, 2.24) is 9.80 Å². The van der Waals surface area contributed by atoms with Gasteiger partial charge in [0.15, 0.2) is 0 Å². The first kappa shape index (κ1) is 26.8. The molecule has 2 amide bonds. The van der Waals surface area contributed by atoms with Gasteiger partial charge in [-0.05, 0) is 117 Å². The lowest BCUT2D eigenvalue weighted by atomic mass is 9.71. The van der Waals surface area contributed by atoms with Gasteiger partial charge in [-0.25, -0.2) is 0 Å². The first-order chi connectivity index (χ1) is 15.4. The fourth-order valence-corrected chi connectivity index (χ4v) is 8.45. The second-order valence-corrected chi connectivity index (χ2v) is 13.7. The third kappa shape index (κ3) is 5.52. The largest absolute Gasteiger partial charge is 0.333 e. The Bertz CT molecular complexity index is 799. The molecule has 34 heavy (non-hydrogen) atoms. The highest BCUT2D eigenvalue weighted by molar-refractivity contribution is 5.75. The monoisotopic (exact) mass is 468 g/mol. The second-order valence-electron chi connectivity index (χ2n) is 13.7. The summed E-state index contributed by atoms with van der Waals surface area (Å²) in [5.41, 5.74) is 2.31. The van der Waals surface area contributed by atoms with Crippen molar-refractivity contribution in [2.75, 3.05) is 0 Å². The Labute approximate surface area is 208 Å². The van der Waals surface area contributed by atoms with Gasteiger partial charge < -0.3 is 9.80 Å². The van der Waals surface area contributed by atoms with Gasteiger partial charge in [0.2, 0.25) is 11.8 Å². The minimum atomic E-state index is -0.119. The van der Waals surface area contributed by atoms with E-state index in [0.717, 1.165) is 38.5 Å². The van der Waals surface area contributed by atoms with Crippen molar-refractivity contribution < 1.29 is 9.59 Å². The quantitative estimate of drug-likeness (QED) is 0.513. The third-order valence-electron chi connectivity index (χ3n) is 8.28. The van der Waals surface area contributed by atoms with Crippen LogP contribution in [-0.2, 0) is 22.4 Å². The summed E-state index contributed by atoms with van der Waals surface area (Å²) in [6.45, 7) is 21.1. The maximum absolute atomic E-state index is 12.3. The predicted molar refractivity (Wildman–Crippen MR) is 141 cm³/mol. The molecule has 4 heteroatoms. The van der Waals surface area contributed by atoms with Crippen LogP contribution in [0, 0.1) is 11.8 Å². The van der Waals surface area contributed by atoms with Gasteiger partial charge in [0.1, 0.15) is 0 Å². The van der Waals surface area contributed by atoms with E-state index < -0.39 is 0 Å². The molecular weight excluding hydrogens is 420 g/mol. The number of likely N-dealkylation sites (tertiary alicyclic amines) is 2. The lowest BCUT2D eigenvalue weighted by molar-refractivity contribution is -0.150. The van der Waals surface area contributed by atoms with Gasteiger partial charge in [-0.3, -0.25) is 9.59 Å². The van der Waals surface area contributed by atoms with Crippen LogP contribution in [0.2, 0.25) is 0 Å². The molecule has 0 bridgehead atoms. The molecule has 0 saturated carbocycles. The van der Waals surface area contributed by atoms with Crippen molar-refractivity contribution in [1.29, 1.82) is 0 Å². The normalized spacial score (nSPS) is 24.2. The van der Waals surface area contributed by atoms with Crippen molar-refractivity contribution in [3.63, 3.8) is 0 Å². The number of carbonyl (C=O) groups excluding carboxylic acids is 2. The van der Waals surface area contributed by atoms with E-state index >= 15 is 0 Å². The molecule has 0 N–H and O–H groups in total.